The monoisotopic (exact) mass is 379 g/mol. The number of aliphatic imine (C=N–C) groups is 1. The number of hydrogen-bond donors (Lipinski definition) is 1. The van der Waals surface area contributed by atoms with Crippen molar-refractivity contribution in [3.05, 3.63) is 58.1 Å². The first-order valence-corrected chi connectivity index (χ1v) is 8.60. The SMILES string of the molecule is COc1cc(N(Cc2ccc(Cl)cc2)CC2COC(N)=N2)ccc1Cl. The van der Waals surface area contributed by atoms with Crippen LogP contribution in [0.3, 0.4) is 0 Å². The molecule has 2 aromatic carbocycles. The Kier molecular flexibility index (Phi) is 5.56. The van der Waals surface area contributed by atoms with Crippen molar-refractivity contribution in [2.75, 3.05) is 25.2 Å². The third-order valence-corrected chi connectivity index (χ3v) is 4.52. The molecule has 132 valence electrons. The van der Waals surface area contributed by atoms with E-state index in [1.165, 1.54) is 0 Å². The van der Waals surface area contributed by atoms with E-state index in [1.807, 2.05) is 42.5 Å². The standard InChI is InChI=1S/C18H19Cl2N3O2/c1-24-17-8-15(6-7-16(17)20)23(10-14-11-25-18(21)22-14)9-12-2-4-13(19)5-3-12/h2-8,14H,9-11H2,1H3,(H2,21,22). The smallest absolute Gasteiger partial charge is 0.282 e. The molecule has 1 aliphatic heterocycles. The number of rotatable bonds is 6. The molecule has 0 saturated carbocycles. The summed E-state index contributed by atoms with van der Waals surface area (Å²) in [6.07, 6.45) is 0. The topological polar surface area (TPSA) is 60.1 Å². The van der Waals surface area contributed by atoms with Crippen LogP contribution in [0.5, 0.6) is 5.75 Å². The number of nitrogens with two attached hydrogens (primary N) is 1. The molecule has 0 amide bonds. The molecule has 1 unspecified atom stereocenters. The molecule has 3 rings (SSSR count). The first-order chi connectivity index (χ1) is 12.0. The molecule has 1 atom stereocenters. The van der Waals surface area contributed by atoms with Crippen molar-refractivity contribution in [3.63, 3.8) is 0 Å². The number of benzene rings is 2. The molecule has 2 aromatic rings. The van der Waals surface area contributed by atoms with E-state index < -0.39 is 0 Å². The Morgan fingerprint density at radius 1 is 1.24 bits per heavy atom. The van der Waals surface area contributed by atoms with E-state index in [2.05, 4.69) is 9.89 Å². The van der Waals surface area contributed by atoms with Crippen molar-refractivity contribution in [1.82, 2.24) is 0 Å². The second-order valence-electron chi connectivity index (χ2n) is 5.76. The van der Waals surface area contributed by atoms with Gasteiger partial charge >= 0.3 is 0 Å². The molecule has 0 aliphatic carbocycles. The van der Waals surface area contributed by atoms with Gasteiger partial charge in [0.1, 0.15) is 18.4 Å². The third kappa shape index (κ3) is 4.50. The summed E-state index contributed by atoms with van der Waals surface area (Å²) >= 11 is 12.1. The highest BCUT2D eigenvalue weighted by Crippen LogP contribution is 2.30. The summed E-state index contributed by atoms with van der Waals surface area (Å²) in [6, 6.07) is 13.7. The van der Waals surface area contributed by atoms with Crippen molar-refractivity contribution >= 4 is 34.9 Å². The van der Waals surface area contributed by atoms with E-state index in [9.17, 15) is 0 Å². The molecule has 0 saturated heterocycles. The minimum Gasteiger partial charge on any atom is -0.495 e. The van der Waals surface area contributed by atoms with Crippen LogP contribution in [0.15, 0.2) is 47.5 Å². The van der Waals surface area contributed by atoms with Crippen LogP contribution < -0.4 is 15.4 Å². The van der Waals surface area contributed by atoms with Crippen LogP contribution in [0, 0.1) is 0 Å². The van der Waals surface area contributed by atoms with Gasteiger partial charge in [-0.3, -0.25) is 0 Å². The summed E-state index contributed by atoms with van der Waals surface area (Å²) in [5.41, 5.74) is 7.75. The second kappa shape index (κ2) is 7.85. The predicted octanol–water partition coefficient (Wildman–Crippen LogP) is 3.72. The molecular formula is C18H19Cl2N3O2. The average molecular weight is 380 g/mol. The Balaban J connectivity index is 1.86. The van der Waals surface area contributed by atoms with Crippen molar-refractivity contribution in [2.45, 2.75) is 12.6 Å². The molecule has 7 heteroatoms. The van der Waals surface area contributed by atoms with E-state index in [1.54, 1.807) is 7.11 Å². The van der Waals surface area contributed by atoms with Crippen LogP contribution in [0.25, 0.3) is 0 Å². The summed E-state index contributed by atoms with van der Waals surface area (Å²) < 4.78 is 10.6. The van der Waals surface area contributed by atoms with Crippen molar-refractivity contribution < 1.29 is 9.47 Å². The number of anilines is 1. The fraction of sp³-hybridized carbons (Fsp3) is 0.278. The molecule has 0 fully saturated rings. The summed E-state index contributed by atoms with van der Waals surface area (Å²) in [5.74, 6) is 0.631. The molecule has 0 bridgehead atoms. The zero-order valence-electron chi connectivity index (χ0n) is 13.8. The van der Waals surface area contributed by atoms with Crippen LogP contribution >= 0.6 is 23.2 Å². The second-order valence-corrected chi connectivity index (χ2v) is 6.60. The van der Waals surface area contributed by atoms with Gasteiger partial charge in [0.25, 0.3) is 6.02 Å². The molecule has 1 heterocycles. The van der Waals surface area contributed by atoms with E-state index in [0.29, 0.717) is 35.5 Å². The third-order valence-electron chi connectivity index (χ3n) is 3.95. The van der Waals surface area contributed by atoms with Crippen LogP contribution in [0.4, 0.5) is 5.69 Å². The van der Waals surface area contributed by atoms with Crippen molar-refractivity contribution in [2.24, 2.45) is 10.7 Å². The van der Waals surface area contributed by atoms with Gasteiger partial charge in [-0.25, -0.2) is 4.99 Å². The Morgan fingerprint density at radius 2 is 2.00 bits per heavy atom. The lowest BCUT2D eigenvalue weighted by atomic mass is 10.1. The fourth-order valence-electron chi connectivity index (χ4n) is 2.70. The van der Waals surface area contributed by atoms with E-state index in [0.717, 1.165) is 11.3 Å². The number of amidine groups is 1. The maximum atomic E-state index is 6.15. The van der Waals surface area contributed by atoms with Gasteiger partial charge in [0.15, 0.2) is 0 Å². The van der Waals surface area contributed by atoms with Crippen LogP contribution in [0.1, 0.15) is 5.56 Å². The quantitative estimate of drug-likeness (QED) is 0.830. The minimum atomic E-state index is -0.0195. The Bertz CT molecular complexity index is 765. The predicted molar refractivity (Wildman–Crippen MR) is 102 cm³/mol. The average Bonchev–Trinajstić information content (AvgIpc) is 3.02. The molecule has 5 nitrogen and oxygen atoms in total. The maximum Gasteiger partial charge on any atom is 0.282 e. The maximum absolute atomic E-state index is 6.15. The molecule has 0 radical (unpaired) electrons. The number of hydrogen-bond acceptors (Lipinski definition) is 5. The molecule has 1 aliphatic rings. The van der Waals surface area contributed by atoms with Gasteiger partial charge in [0, 0.05) is 29.9 Å². The normalized spacial score (nSPS) is 16.3. The highest BCUT2D eigenvalue weighted by molar-refractivity contribution is 6.32. The van der Waals surface area contributed by atoms with Crippen LogP contribution in [-0.4, -0.2) is 32.3 Å². The van der Waals surface area contributed by atoms with E-state index >= 15 is 0 Å². The summed E-state index contributed by atoms with van der Waals surface area (Å²) in [6.45, 7) is 1.83. The number of nitrogens with zero attached hydrogens (tertiary/aromatic N) is 2. The fourth-order valence-corrected chi connectivity index (χ4v) is 3.02. The Hall–Kier alpha value is -2.11. The highest BCUT2D eigenvalue weighted by atomic mass is 35.5. The zero-order valence-corrected chi connectivity index (χ0v) is 15.3. The van der Waals surface area contributed by atoms with Gasteiger partial charge in [0.05, 0.1) is 12.1 Å². The number of halogens is 2. The lowest BCUT2D eigenvalue weighted by Gasteiger charge is -2.27. The van der Waals surface area contributed by atoms with Gasteiger partial charge in [-0.05, 0) is 29.8 Å². The minimum absolute atomic E-state index is 0.0195. The number of ether oxygens (including phenoxy) is 2. The number of methoxy groups -OCH3 is 1. The van der Waals surface area contributed by atoms with Gasteiger partial charge in [0.2, 0.25) is 0 Å². The highest BCUT2D eigenvalue weighted by Gasteiger charge is 2.21. The Morgan fingerprint density at radius 3 is 2.64 bits per heavy atom. The van der Waals surface area contributed by atoms with Crippen molar-refractivity contribution in [3.8, 4) is 5.75 Å². The van der Waals surface area contributed by atoms with Gasteiger partial charge in [-0.15, -0.1) is 0 Å². The van der Waals surface area contributed by atoms with Crippen LogP contribution in [-0.2, 0) is 11.3 Å². The van der Waals surface area contributed by atoms with Gasteiger partial charge in [-0.1, -0.05) is 35.3 Å². The molecule has 2 N–H and O–H groups in total. The zero-order chi connectivity index (χ0) is 17.8. The molecule has 25 heavy (non-hydrogen) atoms. The molecule has 0 spiro atoms. The summed E-state index contributed by atoms with van der Waals surface area (Å²) in [5, 5.41) is 1.29. The lowest BCUT2D eigenvalue weighted by Crippen LogP contribution is -2.32. The van der Waals surface area contributed by atoms with Gasteiger partial charge in [-0.2, -0.15) is 0 Å². The van der Waals surface area contributed by atoms with Crippen LogP contribution in [0.2, 0.25) is 10.0 Å². The lowest BCUT2D eigenvalue weighted by molar-refractivity contribution is 0.313. The van der Waals surface area contributed by atoms with E-state index in [4.69, 9.17) is 38.4 Å². The summed E-state index contributed by atoms with van der Waals surface area (Å²) in [4.78, 5) is 6.51. The first kappa shape index (κ1) is 17.7. The molecular weight excluding hydrogens is 361 g/mol. The summed E-state index contributed by atoms with van der Waals surface area (Å²) in [7, 11) is 1.60. The largest absolute Gasteiger partial charge is 0.495 e. The Labute approximate surface area is 157 Å². The van der Waals surface area contributed by atoms with Gasteiger partial charge < -0.3 is 20.1 Å². The molecule has 0 aromatic heterocycles. The first-order valence-electron chi connectivity index (χ1n) is 7.84. The van der Waals surface area contributed by atoms with Crippen molar-refractivity contribution in [1.29, 1.82) is 0 Å². The van der Waals surface area contributed by atoms with E-state index in [-0.39, 0.29) is 12.1 Å².